The van der Waals surface area contributed by atoms with Gasteiger partial charge in [0, 0.05) is 13.2 Å². The molecule has 0 radical (unpaired) electrons. The van der Waals surface area contributed by atoms with E-state index in [0.29, 0.717) is 12.5 Å². The lowest BCUT2D eigenvalue weighted by atomic mass is 9.79. The molecule has 2 heteroatoms. The summed E-state index contributed by atoms with van der Waals surface area (Å²) in [6.45, 7) is 8.36. The van der Waals surface area contributed by atoms with Crippen LogP contribution in [0.15, 0.2) is 0 Å². The van der Waals surface area contributed by atoms with Crippen LogP contribution in [-0.2, 0) is 4.74 Å². The van der Waals surface area contributed by atoms with E-state index in [9.17, 15) is 0 Å². The van der Waals surface area contributed by atoms with E-state index in [-0.39, 0.29) is 5.60 Å². The highest BCUT2D eigenvalue weighted by molar-refractivity contribution is 4.87. The molecule has 0 spiro atoms. The number of nitrogens with two attached hydrogens (primary N) is 1. The van der Waals surface area contributed by atoms with Gasteiger partial charge >= 0.3 is 0 Å². The van der Waals surface area contributed by atoms with Gasteiger partial charge in [0.25, 0.3) is 0 Å². The highest BCUT2D eigenvalue weighted by atomic mass is 16.5. The zero-order valence-electron chi connectivity index (χ0n) is 10.6. The number of hydrogen-bond donors (Lipinski definition) is 1. The fourth-order valence-corrected chi connectivity index (χ4v) is 2.13. The lowest BCUT2D eigenvalue weighted by molar-refractivity contribution is -0.0814. The Bertz CT molecular complexity index is 173. The summed E-state index contributed by atoms with van der Waals surface area (Å²) in [7, 11) is 0. The summed E-state index contributed by atoms with van der Waals surface area (Å²) in [5, 5.41) is 0. The molecule has 0 saturated heterocycles. The second-order valence-electron chi connectivity index (χ2n) is 5.39. The summed E-state index contributed by atoms with van der Waals surface area (Å²) in [6.07, 6.45) is 6.05. The average Bonchev–Trinajstić information content (AvgIpc) is 2.28. The van der Waals surface area contributed by atoms with E-state index in [4.69, 9.17) is 10.5 Å². The molecule has 0 aromatic rings. The van der Waals surface area contributed by atoms with E-state index in [2.05, 4.69) is 20.8 Å². The Morgan fingerprint density at radius 1 is 1.40 bits per heavy atom. The van der Waals surface area contributed by atoms with Gasteiger partial charge in [0.2, 0.25) is 0 Å². The van der Waals surface area contributed by atoms with Gasteiger partial charge in [-0.2, -0.15) is 0 Å². The van der Waals surface area contributed by atoms with Gasteiger partial charge in [0.15, 0.2) is 0 Å². The second-order valence-corrected chi connectivity index (χ2v) is 5.39. The van der Waals surface area contributed by atoms with Crippen molar-refractivity contribution in [2.24, 2.45) is 17.6 Å². The van der Waals surface area contributed by atoms with Crippen LogP contribution in [0.25, 0.3) is 0 Å². The molecule has 1 saturated carbocycles. The highest BCUT2D eigenvalue weighted by Crippen LogP contribution is 2.34. The molecule has 1 aliphatic carbocycles. The van der Waals surface area contributed by atoms with Crippen LogP contribution in [0, 0.1) is 11.8 Å². The van der Waals surface area contributed by atoms with E-state index in [1.165, 1.54) is 19.3 Å². The Labute approximate surface area is 94.6 Å². The number of rotatable bonds is 5. The largest absolute Gasteiger partial charge is 0.373 e. The Balaban J connectivity index is 2.39. The van der Waals surface area contributed by atoms with Crippen LogP contribution < -0.4 is 5.73 Å². The van der Waals surface area contributed by atoms with Crippen molar-refractivity contribution in [1.82, 2.24) is 0 Å². The maximum Gasteiger partial charge on any atom is 0.0804 e. The molecule has 1 aliphatic rings. The summed E-state index contributed by atoms with van der Waals surface area (Å²) in [5.74, 6) is 1.52. The molecule has 0 aromatic carbocycles. The summed E-state index contributed by atoms with van der Waals surface area (Å²) < 4.78 is 6.10. The highest BCUT2D eigenvalue weighted by Gasteiger charge is 2.33. The van der Waals surface area contributed by atoms with Gasteiger partial charge in [-0.25, -0.2) is 0 Å². The van der Waals surface area contributed by atoms with Crippen molar-refractivity contribution in [2.75, 3.05) is 13.2 Å². The molecule has 1 fully saturated rings. The van der Waals surface area contributed by atoms with Crippen molar-refractivity contribution in [3.05, 3.63) is 0 Å². The quantitative estimate of drug-likeness (QED) is 0.762. The molecular weight excluding hydrogens is 186 g/mol. The zero-order valence-corrected chi connectivity index (χ0v) is 10.6. The van der Waals surface area contributed by atoms with E-state index < -0.39 is 0 Å². The van der Waals surface area contributed by atoms with Crippen molar-refractivity contribution >= 4 is 0 Å². The van der Waals surface area contributed by atoms with Crippen molar-refractivity contribution in [3.8, 4) is 0 Å². The third-order valence-corrected chi connectivity index (χ3v) is 3.93. The van der Waals surface area contributed by atoms with Gasteiger partial charge in [-0.05, 0) is 37.5 Å². The third-order valence-electron chi connectivity index (χ3n) is 3.93. The van der Waals surface area contributed by atoms with Crippen LogP contribution >= 0.6 is 0 Å². The average molecular weight is 213 g/mol. The van der Waals surface area contributed by atoms with Gasteiger partial charge in [-0.3, -0.25) is 0 Å². The first kappa shape index (κ1) is 13.0. The Morgan fingerprint density at radius 2 is 2.00 bits per heavy atom. The lowest BCUT2D eigenvalue weighted by Gasteiger charge is -2.39. The molecule has 0 heterocycles. The van der Waals surface area contributed by atoms with Crippen LogP contribution in [0.2, 0.25) is 0 Å². The smallest absolute Gasteiger partial charge is 0.0804 e. The normalized spacial score (nSPS) is 34.0. The summed E-state index contributed by atoms with van der Waals surface area (Å²) in [4.78, 5) is 0. The standard InChI is InChI=1S/C13H27NO/c1-4-11(2)9-15-13(10-14)7-5-12(3)6-8-13/h11-12H,4-10,14H2,1-3H3. The summed E-state index contributed by atoms with van der Waals surface area (Å²) in [6, 6.07) is 0. The zero-order chi connectivity index (χ0) is 11.3. The van der Waals surface area contributed by atoms with Gasteiger partial charge < -0.3 is 10.5 Å². The van der Waals surface area contributed by atoms with Gasteiger partial charge in [0.05, 0.1) is 5.60 Å². The van der Waals surface area contributed by atoms with Crippen LogP contribution in [0.1, 0.15) is 52.9 Å². The van der Waals surface area contributed by atoms with E-state index in [1.54, 1.807) is 0 Å². The molecule has 0 aliphatic heterocycles. The predicted octanol–water partition coefficient (Wildman–Crippen LogP) is 2.96. The fraction of sp³-hybridized carbons (Fsp3) is 1.00. The Morgan fingerprint density at radius 3 is 2.47 bits per heavy atom. The van der Waals surface area contributed by atoms with Crippen LogP contribution in [-0.4, -0.2) is 18.8 Å². The molecule has 2 N–H and O–H groups in total. The minimum atomic E-state index is 0.00986. The second kappa shape index (κ2) is 5.86. The fourth-order valence-electron chi connectivity index (χ4n) is 2.13. The summed E-state index contributed by atoms with van der Waals surface area (Å²) >= 11 is 0. The van der Waals surface area contributed by atoms with Crippen LogP contribution in [0.4, 0.5) is 0 Å². The van der Waals surface area contributed by atoms with Gasteiger partial charge in [0.1, 0.15) is 0 Å². The maximum atomic E-state index is 6.10. The number of hydrogen-bond acceptors (Lipinski definition) is 2. The molecule has 1 unspecified atom stereocenters. The van der Waals surface area contributed by atoms with E-state index in [0.717, 1.165) is 25.4 Å². The monoisotopic (exact) mass is 213 g/mol. The predicted molar refractivity (Wildman–Crippen MR) is 64.8 cm³/mol. The lowest BCUT2D eigenvalue weighted by Crippen LogP contribution is -2.44. The Kier molecular flexibility index (Phi) is 5.07. The minimum Gasteiger partial charge on any atom is -0.373 e. The van der Waals surface area contributed by atoms with Crippen molar-refractivity contribution < 1.29 is 4.74 Å². The molecule has 15 heavy (non-hydrogen) atoms. The van der Waals surface area contributed by atoms with E-state index in [1.807, 2.05) is 0 Å². The molecule has 0 amide bonds. The topological polar surface area (TPSA) is 35.2 Å². The molecule has 1 rings (SSSR count). The van der Waals surface area contributed by atoms with Crippen molar-refractivity contribution in [3.63, 3.8) is 0 Å². The molecule has 0 aromatic heterocycles. The van der Waals surface area contributed by atoms with Crippen molar-refractivity contribution in [1.29, 1.82) is 0 Å². The molecule has 0 bridgehead atoms. The van der Waals surface area contributed by atoms with Crippen molar-refractivity contribution in [2.45, 2.75) is 58.5 Å². The third kappa shape index (κ3) is 3.76. The number of ether oxygens (including phenoxy) is 1. The van der Waals surface area contributed by atoms with Gasteiger partial charge in [-0.15, -0.1) is 0 Å². The minimum absolute atomic E-state index is 0.00986. The van der Waals surface area contributed by atoms with E-state index >= 15 is 0 Å². The first-order chi connectivity index (χ1) is 7.12. The van der Waals surface area contributed by atoms with Crippen LogP contribution in [0.5, 0.6) is 0 Å². The SMILES string of the molecule is CCC(C)COC1(CN)CCC(C)CC1. The van der Waals surface area contributed by atoms with Crippen LogP contribution in [0.3, 0.4) is 0 Å². The first-order valence-electron chi connectivity index (χ1n) is 6.46. The summed E-state index contributed by atoms with van der Waals surface area (Å²) in [5.41, 5.74) is 5.90. The molecule has 90 valence electrons. The maximum absolute atomic E-state index is 6.10. The van der Waals surface area contributed by atoms with Gasteiger partial charge in [-0.1, -0.05) is 27.2 Å². The molecule has 2 nitrogen and oxygen atoms in total. The Hall–Kier alpha value is -0.0800. The first-order valence-corrected chi connectivity index (χ1v) is 6.46. The molecular formula is C13H27NO. The molecule has 1 atom stereocenters.